The van der Waals surface area contributed by atoms with Crippen molar-refractivity contribution in [2.75, 3.05) is 0 Å². The Morgan fingerprint density at radius 2 is 1.67 bits per heavy atom. The smallest absolute Gasteiger partial charge is 0.0279 e. The first-order valence-electron chi connectivity index (χ1n) is 4.38. The molecule has 0 heteroatoms. The van der Waals surface area contributed by atoms with Crippen LogP contribution in [0.25, 0.3) is 0 Å². The topological polar surface area (TPSA) is 0 Å². The highest BCUT2D eigenvalue weighted by atomic mass is 14.0. The maximum Gasteiger partial charge on any atom is -0.0279 e. The van der Waals surface area contributed by atoms with Crippen LogP contribution in [0.5, 0.6) is 0 Å². The predicted octanol–water partition coefficient (Wildman–Crippen LogP) is 3.97. The van der Waals surface area contributed by atoms with Crippen LogP contribution in [-0.4, -0.2) is 0 Å². The maximum absolute atomic E-state index is 2.23. The first-order chi connectivity index (χ1) is 5.33. The monoisotopic (exact) mass is 164 g/mol. The molecule has 0 unspecified atom stereocenters. The van der Waals surface area contributed by atoms with E-state index < -0.39 is 0 Å². The van der Waals surface area contributed by atoms with Crippen molar-refractivity contribution < 1.29 is 0 Å². The molecule has 0 heterocycles. The number of unbranched alkanes of at least 4 members (excludes halogenated alkanes) is 1. The van der Waals surface area contributed by atoms with Gasteiger partial charge in [-0.1, -0.05) is 50.6 Å². The predicted molar refractivity (Wildman–Crippen MR) is 56.5 cm³/mol. The molecule has 68 valence electrons. The highest BCUT2D eigenvalue weighted by Gasteiger charge is 1.90. The molecule has 0 nitrogen and oxygen atoms in total. The molecule has 0 aliphatic rings. The summed E-state index contributed by atoms with van der Waals surface area (Å²) in [6.45, 7) is 4.36. The molecule has 1 aromatic carbocycles. The molecule has 12 heavy (non-hydrogen) atoms. The number of aryl methyl sites for hydroxylation is 2. The molecular weight excluding hydrogens is 144 g/mol. The van der Waals surface area contributed by atoms with E-state index in [1.807, 2.05) is 0 Å². The van der Waals surface area contributed by atoms with E-state index in [2.05, 4.69) is 38.1 Å². The van der Waals surface area contributed by atoms with E-state index in [0.29, 0.717) is 0 Å². The van der Waals surface area contributed by atoms with Gasteiger partial charge >= 0.3 is 0 Å². The molecule has 0 spiro atoms. The van der Waals surface area contributed by atoms with Crippen molar-refractivity contribution in [3.8, 4) is 0 Å². The molecule has 0 saturated heterocycles. The third kappa shape index (κ3) is 3.56. The molecule has 0 N–H and O–H groups in total. The minimum atomic E-state index is 0. The number of benzene rings is 1. The van der Waals surface area contributed by atoms with Crippen molar-refractivity contribution in [1.29, 1.82) is 0 Å². The Bertz CT molecular complexity index is 196. The summed E-state index contributed by atoms with van der Waals surface area (Å²) in [7, 11) is 0. The van der Waals surface area contributed by atoms with E-state index in [1.165, 1.54) is 30.4 Å². The Balaban J connectivity index is 0.00000121. The van der Waals surface area contributed by atoms with Crippen LogP contribution in [0.4, 0.5) is 0 Å². The summed E-state index contributed by atoms with van der Waals surface area (Å²) < 4.78 is 0. The molecule has 0 aliphatic carbocycles. The van der Waals surface area contributed by atoms with E-state index in [1.54, 1.807) is 0 Å². The van der Waals surface area contributed by atoms with Crippen molar-refractivity contribution in [3.05, 3.63) is 35.4 Å². The number of hydrogen-bond donors (Lipinski definition) is 0. The highest BCUT2D eigenvalue weighted by Crippen LogP contribution is 2.06. The molecule has 0 aliphatic heterocycles. The fourth-order valence-corrected chi connectivity index (χ4v) is 1.14. The second kappa shape index (κ2) is 5.82. The molecule has 1 rings (SSSR count). The molecule has 0 amide bonds. The van der Waals surface area contributed by atoms with Crippen LogP contribution in [0, 0.1) is 6.92 Å². The first-order valence-corrected chi connectivity index (χ1v) is 4.38. The lowest BCUT2D eigenvalue weighted by Crippen LogP contribution is -1.83. The average Bonchev–Trinajstić information content (AvgIpc) is 2.04. The van der Waals surface area contributed by atoms with Gasteiger partial charge in [0.05, 0.1) is 0 Å². The van der Waals surface area contributed by atoms with Crippen LogP contribution in [-0.2, 0) is 6.42 Å². The zero-order valence-corrected chi connectivity index (χ0v) is 7.43. The summed E-state index contributed by atoms with van der Waals surface area (Å²) in [6.07, 6.45) is 3.83. The molecule has 0 atom stereocenters. The standard InChI is InChI=1S/C11H16.CH4/c1-3-4-5-11-8-6-10(2)7-9-11;/h6-9H,3-5H2,1-2H3;1H4. The lowest BCUT2D eigenvalue weighted by Gasteiger charge is -1.99. The quantitative estimate of drug-likeness (QED) is 0.634. The van der Waals surface area contributed by atoms with Gasteiger partial charge in [-0.05, 0) is 25.3 Å². The summed E-state index contributed by atoms with van der Waals surface area (Å²) in [6, 6.07) is 8.83. The summed E-state index contributed by atoms with van der Waals surface area (Å²) in [5.41, 5.74) is 2.82. The van der Waals surface area contributed by atoms with Crippen molar-refractivity contribution >= 4 is 0 Å². The van der Waals surface area contributed by atoms with Gasteiger partial charge < -0.3 is 0 Å². The second-order valence-electron chi connectivity index (χ2n) is 3.09. The minimum absolute atomic E-state index is 0. The van der Waals surface area contributed by atoms with Crippen LogP contribution in [0.2, 0.25) is 0 Å². The van der Waals surface area contributed by atoms with Crippen LogP contribution >= 0.6 is 0 Å². The van der Waals surface area contributed by atoms with E-state index in [9.17, 15) is 0 Å². The van der Waals surface area contributed by atoms with Gasteiger partial charge in [0.25, 0.3) is 0 Å². The molecule has 0 fully saturated rings. The Kier molecular flexibility index (Phi) is 5.44. The van der Waals surface area contributed by atoms with Crippen LogP contribution in [0.3, 0.4) is 0 Å². The van der Waals surface area contributed by atoms with Gasteiger partial charge in [0, 0.05) is 0 Å². The summed E-state index contributed by atoms with van der Waals surface area (Å²) in [5, 5.41) is 0. The Labute approximate surface area is 76.6 Å². The number of hydrogen-bond acceptors (Lipinski definition) is 0. The minimum Gasteiger partial charge on any atom is -0.0776 e. The zero-order chi connectivity index (χ0) is 8.10. The molecule has 0 radical (unpaired) electrons. The zero-order valence-electron chi connectivity index (χ0n) is 7.43. The van der Waals surface area contributed by atoms with Gasteiger partial charge in [-0.2, -0.15) is 0 Å². The van der Waals surface area contributed by atoms with E-state index in [4.69, 9.17) is 0 Å². The van der Waals surface area contributed by atoms with Gasteiger partial charge in [0.1, 0.15) is 0 Å². The van der Waals surface area contributed by atoms with Gasteiger partial charge in [-0.3, -0.25) is 0 Å². The molecule has 0 bridgehead atoms. The van der Waals surface area contributed by atoms with Crippen molar-refractivity contribution in [2.45, 2.75) is 40.5 Å². The van der Waals surface area contributed by atoms with Crippen molar-refractivity contribution in [1.82, 2.24) is 0 Å². The molecule has 0 aromatic heterocycles. The SMILES string of the molecule is C.CCCCc1ccc(C)cc1. The van der Waals surface area contributed by atoms with E-state index in [0.717, 1.165) is 0 Å². The Morgan fingerprint density at radius 1 is 1.08 bits per heavy atom. The normalized spacial score (nSPS) is 9.17. The third-order valence-electron chi connectivity index (χ3n) is 1.94. The van der Waals surface area contributed by atoms with Gasteiger partial charge in [-0.15, -0.1) is 0 Å². The summed E-state index contributed by atoms with van der Waals surface area (Å²) in [5.74, 6) is 0. The maximum atomic E-state index is 2.23. The van der Waals surface area contributed by atoms with Crippen LogP contribution < -0.4 is 0 Å². The second-order valence-corrected chi connectivity index (χ2v) is 3.09. The van der Waals surface area contributed by atoms with E-state index in [-0.39, 0.29) is 7.43 Å². The largest absolute Gasteiger partial charge is 0.0776 e. The molecule has 0 saturated carbocycles. The van der Waals surface area contributed by atoms with Crippen LogP contribution in [0.15, 0.2) is 24.3 Å². The van der Waals surface area contributed by atoms with Crippen LogP contribution in [0.1, 0.15) is 38.3 Å². The van der Waals surface area contributed by atoms with Gasteiger partial charge in [0.2, 0.25) is 0 Å². The lowest BCUT2D eigenvalue weighted by atomic mass is 10.1. The van der Waals surface area contributed by atoms with Gasteiger partial charge in [0.15, 0.2) is 0 Å². The Morgan fingerprint density at radius 3 is 2.17 bits per heavy atom. The Hall–Kier alpha value is -0.780. The van der Waals surface area contributed by atoms with Gasteiger partial charge in [-0.25, -0.2) is 0 Å². The average molecular weight is 164 g/mol. The summed E-state index contributed by atoms with van der Waals surface area (Å²) >= 11 is 0. The molecule has 1 aromatic rings. The summed E-state index contributed by atoms with van der Waals surface area (Å²) in [4.78, 5) is 0. The fraction of sp³-hybridized carbons (Fsp3) is 0.500. The third-order valence-corrected chi connectivity index (χ3v) is 1.94. The van der Waals surface area contributed by atoms with E-state index >= 15 is 0 Å². The molecular formula is C12H20. The fourth-order valence-electron chi connectivity index (χ4n) is 1.14. The first kappa shape index (κ1) is 11.2. The van der Waals surface area contributed by atoms with Crippen molar-refractivity contribution in [3.63, 3.8) is 0 Å². The lowest BCUT2D eigenvalue weighted by molar-refractivity contribution is 0.795. The number of rotatable bonds is 3. The van der Waals surface area contributed by atoms with Crippen molar-refractivity contribution in [2.24, 2.45) is 0 Å². The highest BCUT2D eigenvalue weighted by molar-refractivity contribution is 5.21.